The average Bonchev–Trinajstić information content (AvgIpc) is 3.59. The molecule has 4 atom stereocenters. The van der Waals surface area contributed by atoms with Gasteiger partial charge in [-0.25, -0.2) is 14.5 Å². The van der Waals surface area contributed by atoms with Crippen LogP contribution in [0.15, 0.2) is 104 Å². The summed E-state index contributed by atoms with van der Waals surface area (Å²) in [6, 6.07) is 30.3. The van der Waals surface area contributed by atoms with Gasteiger partial charge in [0.05, 0.1) is 38.3 Å². The van der Waals surface area contributed by atoms with Crippen LogP contribution in [-0.4, -0.2) is 51.0 Å². The molecule has 9 nitrogen and oxygen atoms in total. The van der Waals surface area contributed by atoms with Gasteiger partial charge in [0, 0.05) is 7.05 Å². The molecule has 0 saturated carbocycles. The molecular formula is C33H35N5O4. The number of fused-ring (bicyclic) bond motifs is 1. The number of anilines is 1. The topological polar surface area (TPSA) is 92.0 Å². The van der Waals surface area contributed by atoms with Gasteiger partial charge in [-0.05, 0) is 23.6 Å². The van der Waals surface area contributed by atoms with Crippen LogP contribution in [-0.2, 0) is 38.8 Å². The molecule has 6 rings (SSSR count). The van der Waals surface area contributed by atoms with Crippen molar-refractivity contribution in [3.8, 4) is 0 Å². The summed E-state index contributed by atoms with van der Waals surface area (Å²) in [5.41, 5.74) is 3.66. The van der Waals surface area contributed by atoms with Gasteiger partial charge in [-0.1, -0.05) is 91.0 Å². The minimum Gasteiger partial charge on any atom is -0.374 e. The SMILES string of the molecule is CNc1ncnn2c([C@@H]3O[C@H](COCc4ccccc4)[C@@H](OCc4ccccc4)[C@@]3(C)OCc3ccccc3)cnc12. The van der Waals surface area contributed by atoms with Crippen LogP contribution in [0.25, 0.3) is 5.65 Å². The zero-order valence-electron chi connectivity index (χ0n) is 23.8. The third-order valence-electron chi connectivity index (χ3n) is 7.63. The molecule has 216 valence electrons. The zero-order chi connectivity index (χ0) is 28.8. The van der Waals surface area contributed by atoms with E-state index in [1.807, 2.05) is 80.7 Å². The zero-order valence-corrected chi connectivity index (χ0v) is 23.8. The first kappa shape index (κ1) is 28.0. The summed E-state index contributed by atoms with van der Waals surface area (Å²) < 4.78 is 28.3. The Morgan fingerprint density at radius 1 is 0.833 bits per heavy atom. The number of benzene rings is 3. The Hall–Kier alpha value is -4.15. The van der Waals surface area contributed by atoms with Gasteiger partial charge in [0.25, 0.3) is 0 Å². The molecule has 1 saturated heterocycles. The molecule has 3 heterocycles. The molecule has 0 aliphatic carbocycles. The minimum absolute atomic E-state index is 0.322. The van der Waals surface area contributed by atoms with Gasteiger partial charge in [-0.3, -0.25) is 0 Å². The minimum atomic E-state index is -0.911. The van der Waals surface area contributed by atoms with E-state index >= 15 is 0 Å². The first-order valence-corrected chi connectivity index (χ1v) is 14.1. The summed E-state index contributed by atoms with van der Waals surface area (Å²) in [6.07, 6.45) is 1.85. The lowest BCUT2D eigenvalue weighted by molar-refractivity contribution is -0.148. The van der Waals surface area contributed by atoms with E-state index in [-0.39, 0.29) is 0 Å². The van der Waals surface area contributed by atoms with Gasteiger partial charge in [-0.2, -0.15) is 5.10 Å². The number of hydrogen-bond acceptors (Lipinski definition) is 8. The average molecular weight is 566 g/mol. The fourth-order valence-corrected chi connectivity index (χ4v) is 5.45. The van der Waals surface area contributed by atoms with Crippen LogP contribution < -0.4 is 5.32 Å². The van der Waals surface area contributed by atoms with E-state index in [4.69, 9.17) is 18.9 Å². The molecule has 1 fully saturated rings. The summed E-state index contributed by atoms with van der Waals surface area (Å²) in [5.74, 6) is 0.626. The second-order valence-corrected chi connectivity index (χ2v) is 10.5. The van der Waals surface area contributed by atoms with Gasteiger partial charge < -0.3 is 24.3 Å². The number of nitrogens with zero attached hydrogens (tertiary/aromatic N) is 4. The first-order valence-electron chi connectivity index (χ1n) is 14.1. The van der Waals surface area contributed by atoms with Crippen LogP contribution in [0.4, 0.5) is 5.82 Å². The number of aromatic nitrogens is 4. The van der Waals surface area contributed by atoms with Gasteiger partial charge in [0.1, 0.15) is 30.2 Å². The maximum Gasteiger partial charge on any atom is 0.197 e. The molecule has 9 heteroatoms. The van der Waals surface area contributed by atoms with Gasteiger partial charge in [-0.15, -0.1) is 0 Å². The molecule has 0 amide bonds. The number of nitrogens with one attached hydrogen (secondary N) is 1. The van der Waals surface area contributed by atoms with Crippen molar-refractivity contribution in [2.75, 3.05) is 19.0 Å². The second kappa shape index (κ2) is 12.8. The summed E-state index contributed by atoms with van der Waals surface area (Å²) in [4.78, 5) is 8.95. The fourth-order valence-electron chi connectivity index (χ4n) is 5.45. The Balaban J connectivity index is 1.34. The van der Waals surface area contributed by atoms with Crippen LogP contribution in [0.3, 0.4) is 0 Å². The van der Waals surface area contributed by atoms with Crippen LogP contribution in [0.5, 0.6) is 0 Å². The molecule has 1 aliphatic rings. The summed E-state index contributed by atoms with van der Waals surface area (Å²) in [7, 11) is 1.81. The molecule has 0 radical (unpaired) electrons. The van der Waals surface area contributed by atoms with Gasteiger partial charge in [0.15, 0.2) is 11.5 Å². The van der Waals surface area contributed by atoms with Gasteiger partial charge in [0.2, 0.25) is 0 Å². The van der Waals surface area contributed by atoms with Crippen molar-refractivity contribution in [3.63, 3.8) is 0 Å². The molecule has 0 unspecified atom stereocenters. The highest BCUT2D eigenvalue weighted by molar-refractivity contribution is 5.61. The monoisotopic (exact) mass is 565 g/mol. The number of rotatable bonds is 12. The molecule has 0 bridgehead atoms. The molecule has 3 aromatic carbocycles. The summed E-state index contributed by atoms with van der Waals surface area (Å²) in [6.45, 7) is 3.62. The number of imidazole rings is 1. The molecular weight excluding hydrogens is 530 g/mol. The fraction of sp³-hybridized carbons (Fsp3) is 0.303. The van der Waals surface area contributed by atoms with Crippen LogP contribution in [0, 0.1) is 0 Å². The Labute approximate surface area is 245 Å². The summed E-state index contributed by atoms with van der Waals surface area (Å²) >= 11 is 0. The summed E-state index contributed by atoms with van der Waals surface area (Å²) in [5, 5.41) is 7.61. The van der Waals surface area contributed by atoms with E-state index in [1.54, 1.807) is 10.7 Å². The lowest BCUT2D eigenvalue weighted by Crippen LogP contribution is -2.47. The molecule has 5 aromatic rings. The maximum absolute atomic E-state index is 6.81. The Morgan fingerprint density at radius 3 is 2.10 bits per heavy atom. The largest absolute Gasteiger partial charge is 0.374 e. The van der Waals surface area contributed by atoms with Crippen molar-refractivity contribution in [1.29, 1.82) is 0 Å². The van der Waals surface area contributed by atoms with Crippen molar-refractivity contribution in [1.82, 2.24) is 19.6 Å². The highest BCUT2D eigenvalue weighted by Gasteiger charge is 2.57. The third kappa shape index (κ3) is 5.91. The van der Waals surface area contributed by atoms with Crippen LogP contribution in [0.1, 0.15) is 35.4 Å². The van der Waals surface area contributed by atoms with Crippen LogP contribution >= 0.6 is 0 Å². The highest BCUT2D eigenvalue weighted by atomic mass is 16.6. The smallest absolute Gasteiger partial charge is 0.197 e. The van der Waals surface area contributed by atoms with E-state index < -0.39 is 23.9 Å². The van der Waals surface area contributed by atoms with Crippen molar-refractivity contribution in [3.05, 3.63) is 126 Å². The van der Waals surface area contributed by atoms with Crippen molar-refractivity contribution >= 4 is 11.5 Å². The molecule has 42 heavy (non-hydrogen) atoms. The first-order chi connectivity index (χ1) is 20.7. The molecule has 2 aromatic heterocycles. The molecule has 0 spiro atoms. The highest BCUT2D eigenvalue weighted by Crippen LogP contribution is 2.46. The quantitative estimate of drug-likeness (QED) is 0.216. The predicted octanol–water partition coefficient (Wildman–Crippen LogP) is 5.38. The normalized spacial score (nSPS) is 22.0. The van der Waals surface area contributed by atoms with Crippen molar-refractivity contribution < 1.29 is 18.9 Å². The van der Waals surface area contributed by atoms with E-state index in [9.17, 15) is 0 Å². The van der Waals surface area contributed by atoms with E-state index in [1.165, 1.54) is 6.33 Å². The standard InChI is InChI=1S/C33H35N5O4/c1-33(41-21-26-16-10-5-11-17-26)29(27-18-35-32-31(34-2)36-23-37-38(27)32)42-28(22-39-19-24-12-6-3-7-13-24)30(33)40-20-25-14-8-4-9-15-25/h3-18,23,28-30H,19-22H2,1-2H3,(H,34,36,37)/t28-,29+,30-,33+/m1/s1. The van der Waals surface area contributed by atoms with E-state index in [2.05, 4.69) is 44.6 Å². The maximum atomic E-state index is 6.81. The predicted molar refractivity (Wildman–Crippen MR) is 159 cm³/mol. The van der Waals surface area contributed by atoms with Gasteiger partial charge >= 0.3 is 0 Å². The van der Waals surface area contributed by atoms with Crippen molar-refractivity contribution in [2.45, 2.75) is 50.7 Å². The Bertz CT molecular complexity index is 1570. The lowest BCUT2D eigenvalue weighted by atomic mass is 9.90. The van der Waals surface area contributed by atoms with Crippen LogP contribution in [0.2, 0.25) is 0 Å². The van der Waals surface area contributed by atoms with E-state index in [0.29, 0.717) is 37.9 Å². The second-order valence-electron chi connectivity index (χ2n) is 10.5. The number of ether oxygens (including phenoxy) is 4. The third-order valence-corrected chi connectivity index (χ3v) is 7.63. The number of hydrogen-bond donors (Lipinski definition) is 1. The molecule has 1 N–H and O–H groups in total. The van der Waals surface area contributed by atoms with Crippen molar-refractivity contribution in [2.24, 2.45) is 0 Å². The lowest BCUT2D eigenvalue weighted by Gasteiger charge is -2.35. The molecule has 1 aliphatic heterocycles. The van der Waals surface area contributed by atoms with E-state index in [0.717, 1.165) is 22.4 Å². The Morgan fingerprint density at radius 2 is 1.45 bits per heavy atom. The Kier molecular flexibility index (Phi) is 8.52.